The van der Waals surface area contributed by atoms with Gasteiger partial charge in [0.1, 0.15) is 5.75 Å². The first-order valence-electron chi connectivity index (χ1n) is 10.4. The Morgan fingerprint density at radius 1 is 0.968 bits per heavy atom. The fraction of sp³-hybridized carbons (Fsp3) is 0.409. The van der Waals surface area contributed by atoms with Crippen molar-refractivity contribution in [1.82, 2.24) is 29.9 Å². The van der Waals surface area contributed by atoms with Crippen molar-refractivity contribution in [3.63, 3.8) is 0 Å². The van der Waals surface area contributed by atoms with Crippen molar-refractivity contribution in [2.24, 2.45) is 11.8 Å². The van der Waals surface area contributed by atoms with Crippen LogP contribution in [0, 0.1) is 25.7 Å². The van der Waals surface area contributed by atoms with E-state index in [4.69, 9.17) is 4.74 Å². The van der Waals surface area contributed by atoms with Gasteiger partial charge in [-0.2, -0.15) is 15.0 Å². The highest BCUT2D eigenvalue weighted by atomic mass is 16.5. The number of aryl methyl sites for hydroxylation is 2. The van der Waals surface area contributed by atoms with Gasteiger partial charge in [-0.05, 0) is 38.1 Å². The molecule has 0 bridgehead atoms. The Labute approximate surface area is 180 Å². The van der Waals surface area contributed by atoms with Crippen molar-refractivity contribution in [3.05, 3.63) is 53.6 Å². The first-order chi connectivity index (χ1) is 15.0. The fourth-order valence-corrected chi connectivity index (χ4v) is 4.67. The van der Waals surface area contributed by atoms with E-state index in [-0.39, 0.29) is 5.91 Å². The Balaban J connectivity index is 1.35. The number of nitrogens with zero attached hydrogens (tertiary/aromatic N) is 7. The molecule has 2 aliphatic rings. The quantitative estimate of drug-likeness (QED) is 0.638. The van der Waals surface area contributed by atoms with Crippen LogP contribution in [0.2, 0.25) is 0 Å². The van der Waals surface area contributed by atoms with Gasteiger partial charge < -0.3 is 14.5 Å². The van der Waals surface area contributed by atoms with Gasteiger partial charge in [-0.25, -0.2) is 9.97 Å². The zero-order chi connectivity index (χ0) is 21.5. The second kappa shape index (κ2) is 7.64. The molecule has 1 aromatic carbocycles. The number of likely N-dealkylation sites (tertiary alicyclic amines) is 1. The molecule has 160 valence electrons. The summed E-state index contributed by atoms with van der Waals surface area (Å²) in [5.41, 5.74) is 3.16. The number of benzene rings is 1. The van der Waals surface area contributed by atoms with E-state index in [0.29, 0.717) is 41.9 Å². The van der Waals surface area contributed by atoms with Gasteiger partial charge in [0, 0.05) is 49.4 Å². The lowest BCUT2D eigenvalue weighted by Gasteiger charge is -2.23. The number of hydrogen-bond acceptors (Lipinski definition) is 7. The highest BCUT2D eigenvalue weighted by molar-refractivity contribution is 5.98. The molecule has 2 saturated heterocycles. The van der Waals surface area contributed by atoms with Gasteiger partial charge in [0.15, 0.2) is 0 Å². The molecule has 2 aliphatic heterocycles. The van der Waals surface area contributed by atoms with E-state index in [2.05, 4.69) is 25.1 Å². The molecule has 0 radical (unpaired) electrons. The molecule has 1 amide bonds. The number of methoxy groups -OCH3 is 1. The molecule has 0 saturated carbocycles. The minimum absolute atomic E-state index is 0.0187. The molecule has 4 heterocycles. The number of rotatable bonds is 4. The van der Waals surface area contributed by atoms with Crippen molar-refractivity contribution in [2.75, 3.05) is 38.2 Å². The summed E-state index contributed by atoms with van der Waals surface area (Å²) in [5, 5.41) is 8.40. The normalized spacial score (nSPS) is 20.2. The lowest BCUT2D eigenvalue weighted by Crippen LogP contribution is -2.34. The summed E-state index contributed by atoms with van der Waals surface area (Å²) in [4.78, 5) is 28.4. The average molecular weight is 419 g/mol. The summed E-state index contributed by atoms with van der Waals surface area (Å²) in [7, 11) is 1.60. The first kappa shape index (κ1) is 19.5. The first-order valence-corrected chi connectivity index (χ1v) is 10.4. The predicted octanol–water partition coefficient (Wildman–Crippen LogP) is 1.89. The number of ether oxygens (including phenoxy) is 1. The Morgan fingerprint density at radius 3 is 2.23 bits per heavy atom. The third-order valence-corrected chi connectivity index (χ3v) is 6.10. The van der Waals surface area contributed by atoms with Crippen LogP contribution < -0.4 is 9.64 Å². The molecule has 2 atom stereocenters. The summed E-state index contributed by atoms with van der Waals surface area (Å²) >= 11 is 0. The number of amides is 1. The van der Waals surface area contributed by atoms with Gasteiger partial charge in [-0.1, -0.05) is 0 Å². The van der Waals surface area contributed by atoms with Gasteiger partial charge >= 0.3 is 0 Å². The van der Waals surface area contributed by atoms with Crippen LogP contribution in [0.4, 0.5) is 5.95 Å². The highest BCUT2D eigenvalue weighted by Gasteiger charge is 2.43. The smallest absolute Gasteiger partial charge is 0.256 e. The zero-order valence-electron chi connectivity index (χ0n) is 17.9. The lowest BCUT2D eigenvalue weighted by atomic mass is 10.0. The Hall–Kier alpha value is -3.49. The number of anilines is 1. The molecule has 9 heteroatoms. The minimum Gasteiger partial charge on any atom is -0.497 e. The maximum absolute atomic E-state index is 13.5. The van der Waals surface area contributed by atoms with Crippen LogP contribution in [0.3, 0.4) is 0 Å². The average Bonchev–Trinajstić information content (AvgIpc) is 3.48. The molecule has 9 nitrogen and oxygen atoms in total. The van der Waals surface area contributed by atoms with Crippen LogP contribution in [0.15, 0.2) is 36.7 Å². The largest absolute Gasteiger partial charge is 0.497 e. The minimum atomic E-state index is -0.0187. The van der Waals surface area contributed by atoms with Gasteiger partial charge in [-0.3, -0.25) is 4.79 Å². The summed E-state index contributed by atoms with van der Waals surface area (Å²) in [6, 6.07) is 7.39. The zero-order valence-corrected chi connectivity index (χ0v) is 17.9. The van der Waals surface area contributed by atoms with E-state index in [9.17, 15) is 4.79 Å². The van der Waals surface area contributed by atoms with Gasteiger partial charge in [0.2, 0.25) is 5.95 Å². The van der Waals surface area contributed by atoms with Crippen molar-refractivity contribution in [3.8, 4) is 11.4 Å². The molecule has 2 unspecified atom stereocenters. The van der Waals surface area contributed by atoms with Crippen LogP contribution in [0.25, 0.3) is 5.69 Å². The summed E-state index contributed by atoms with van der Waals surface area (Å²) < 4.78 is 5.36. The summed E-state index contributed by atoms with van der Waals surface area (Å²) in [6.45, 7) is 7.15. The van der Waals surface area contributed by atoms with Crippen LogP contribution in [-0.2, 0) is 0 Å². The van der Waals surface area contributed by atoms with Crippen molar-refractivity contribution in [2.45, 2.75) is 13.8 Å². The topological polar surface area (TPSA) is 89.3 Å². The van der Waals surface area contributed by atoms with E-state index >= 15 is 0 Å². The van der Waals surface area contributed by atoms with E-state index in [0.717, 1.165) is 30.4 Å². The SMILES string of the molecule is COc1ccc(-n2nccn2)c(C(=O)N2CC3CN(c4nc(C)cc(C)n4)CC3C2)c1. The molecule has 3 aromatic rings. The van der Waals surface area contributed by atoms with Crippen LogP contribution in [0.1, 0.15) is 21.7 Å². The Bertz CT molecular complexity index is 1080. The third-order valence-electron chi connectivity index (χ3n) is 6.10. The Morgan fingerprint density at radius 2 is 1.61 bits per heavy atom. The number of carbonyl (C=O) groups excluding carboxylic acids is 1. The third kappa shape index (κ3) is 3.60. The monoisotopic (exact) mass is 419 g/mol. The van der Waals surface area contributed by atoms with Crippen LogP contribution in [-0.4, -0.2) is 69.1 Å². The van der Waals surface area contributed by atoms with Crippen LogP contribution >= 0.6 is 0 Å². The maximum atomic E-state index is 13.5. The standard InChI is InChI=1S/C22H25N7O2/c1-14-8-15(2)26-22(25-14)28-12-16-10-27(11-17(16)13-28)21(30)19-9-18(31-3)4-5-20(19)29-23-6-7-24-29/h4-9,16-17H,10-13H2,1-3H3. The summed E-state index contributed by atoms with van der Waals surface area (Å²) in [6.07, 6.45) is 3.20. The number of fused-ring (bicyclic) bond motifs is 1. The summed E-state index contributed by atoms with van der Waals surface area (Å²) in [5.74, 6) is 2.23. The molecule has 31 heavy (non-hydrogen) atoms. The molecule has 5 rings (SSSR count). The van der Waals surface area contributed by atoms with Gasteiger partial charge in [0.25, 0.3) is 5.91 Å². The van der Waals surface area contributed by atoms with Gasteiger partial charge in [0.05, 0.1) is 30.8 Å². The van der Waals surface area contributed by atoms with Crippen LogP contribution in [0.5, 0.6) is 5.75 Å². The van der Waals surface area contributed by atoms with Gasteiger partial charge in [-0.15, -0.1) is 0 Å². The fourth-order valence-electron chi connectivity index (χ4n) is 4.67. The lowest BCUT2D eigenvalue weighted by molar-refractivity contribution is 0.0782. The van der Waals surface area contributed by atoms with Crippen molar-refractivity contribution < 1.29 is 9.53 Å². The molecular weight excluding hydrogens is 394 g/mol. The molecular formula is C22H25N7O2. The van der Waals surface area contributed by atoms with Crippen molar-refractivity contribution in [1.29, 1.82) is 0 Å². The van der Waals surface area contributed by atoms with E-state index in [1.807, 2.05) is 36.9 Å². The second-order valence-corrected chi connectivity index (χ2v) is 8.29. The Kier molecular flexibility index (Phi) is 4.80. The van der Waals surface area contributed by atoms with E-state index in [1.165, 1.54) is 4.80 Å². The maximum Gasteiger partial charge on any atom is 0.256 e. The number of hydrogen-bond donors (Lipinski definition) is 0. The number of carbonyl (C=O) groups is 1. The molecule has 2 fully saturated rings. The molecule has 0 spiro atoms. The molecule has 0 aliphatic carbocycles. The second-order valence-electron chi connectivity index (χ2n) is 8.29. The predicted molar refractivity (Wildman–Crippen MR) is 115 cm³/mol. The molecule has 2 aromatic heterocycles. The highest BCUT2D eigenvalue weighted by Crippen LogP contribution is 2.34. The van der Waals surface area contributed by atoms with Crippen molar-refractivity contribution >= 4 is 11.9 Å². The molecule has 0 N–H and O–H groups in total. The number of aromatic nitrogens is 5. The van der Waals surface area contributed by atoms with E-state index < -0.39 is 0 Å². The van der Waals surface area contributed by atoms with E-state index in [1.54, 1.807) is 25.6 Å².